The van der Waals surface area contributed by atoms with Crippen LogP contribution in [0.1, 0.15) is 40.5 Å². The van der Waals surface area contributed by atoms with Crippen LogP contribution in [0.2, 0.25) is 0 Å². The van der Waals surface area contributed by atoms with Gasteiger partial charge in [0.05, 0.1) is 29.9 Å². The van der Waals surface area contributed by atoms with Gasteiger partial charge in [-0.05, 0) is 31.6 Å². The summed E-state index contributed by atoms with van der Waals surface area (Å²) in [6.07, 6.45) is 1.12. The summed E-state index contributed by atoms with van der Waals surface area (Å²) in [5.74, 6) is -7.43. The number of hydrogen-bond acceptors (Lipinski definition) is 12. The molecule has 2 unspecified atom stereocenters. The predicted octanol–water partition coefficient (Wildman–Crippen LogP) is -2.58. The van der Waals surface area contributed by atoms with Gasteiger partial charge in [0.2, 0.25) is 23.6 Å². The van der Waals surface area contributed by atoms with E-state index in [-0.39, 0.29) is 74.0 Å². The number of hydrogen-bond donors (Lipinski definition) is 5. The number of nitrogens with one attached hydrogen (secondary N) is 4. The Bertz CT molecular complexity index is 1820. The van der Waals surface area contributed by atoms with Crippen LogP contribution in [0.15, 0.2) is 34.8 Å². The van der Waals surface area contributed by atoms with Gasteiger partial charge in [0.15, 0.2) is 12.4 Å². The first-order valence-corrected chi connectivity index (χ1v) is 15.7. The number of imide groups is 3. The molecule has 4 aliphatic rings. The molecule has 0 saturated carbocycles. The third-order valence-electron chi connectivity index (χ3n) is 8.17. The summed E-state index contributed by atoms with van der Waals surface area (Å²) in [5, 5.41) is 15.1. The van der Waals surface area contributed by atoms with Crippen molar-refractivity contribution in [3.63, 3.8) is 0 Å². The molecule has 0 aromatic heterocycles. The SMILES string of the molecule is CCN1C(=O)N(CC(=O)NCCOCCNC(=O)COc2cccc3c2C(=O)N(C2CCC(=O)NC2=O)C3=O)C(=O)C2C=C(C(N)=O)C(=N)N=C21. The van der Waals surface area contributed by atoms with Gasteiger partial charge < -0.3 is 25.8 Å². The number of ether oxygens (including phenoxy) is 2. The van der Waals surface area contributed by atoms with Gasteiger partial charge in [0, 0.05) is 26.1 Å². The van der Waals surface area contributed by atoms with Crippen LogP contribution in [0.25, 0.3) is 0 Å². The van der Waals surface area contributed by atoms with Gasteiger partial charge in [-0.15, -0.1) is 0 Å². The van der Waals surface area contributed by atoms with E-state index in [1.807, 2.05) is 0 Å². The number of piperidine rings is 1. The second-order valence-electron chi connectivity index (χ2n) is 11.4. The van der Waals surface area contributed by atoms with Crippen LogP contribution in [0.4, 0.5) is 4.79 Å². The Hall–Kier alpha value is -6.31. The van der Waals surface area contributed by atoms with Crippen molar-refractivity contribution < 1.29 is 52.6 Å². The summed E-state index contributed by atoms with van der Waals surface area (Å²) in [7, 11) is 0. The van der Waals surface area contributed by atoms with Crippen LogP contribution in [-0.4, -0.2) is 132 Å². The van der Waals surface area contributed by atoms with E-state index in [0.717, 1.165) is 20.8 Å². The van der Waals surface area contributed by atoms with E-state index >= 15 is 0 Å². The minimum atomic E-state index is -1.17. The molecule has 20 heteroatoms. The van der Waals surface area contributed by atoms with Gasteiger partial charge >= 0.3 is 6.03 Å². The Kier molecular flexibility index (Phi) is 10.6. The van der Waals surface area contributed by atoms with E-state index in [0.29, 0.717) is 0 Å². The molecule has 0 aliphatic carbocycles. The monoisotopic (exact) mass is 707 g/mol. The quantitative estimate of drug-likeness (QED) is 0.0989. The van der Waals surface area contributed by atoms with Crippen LogP contribution in [-0.2, 0) is 33.5 Å². The number of rotatable bonds is 14. The van der Waals surface area contributed by atoms with Gasteiger partial charge in [-0.2, -0.15) is 0 Å². The number of primary amides is 1. The first kappa shape index (κ1) is 36.0. The second-order valence-corrected chi connectivity index (χ2v) is 11.4. The fourth-order valence-electron chi connectivity index (χ4n) is 5.75. The number of nitrogens with zero attached hydrogens (tertiary/aromatic N) is 4. The summed E-state index contributed by atoms with van der Waals surface area (Å²) in [6, 6.07) is 2.32. The average Bonchev–Trinajstić information content (AvgIpc) is 3.34. The van der Waals surface area contributed by atoms with E-state index in [4.69, 9.17) is 20.6 Å². The molecule has 1 aromatic rings. The first-order valence-electron chi connectivity index (χ1n) is 15.7. The average molecular weight is 708 g/mol. The third kappa shape index (κ3) is 7.34. The number of benzene rings is 1. The van der Waals surface area contributed by atoms with Crippen molar-refractivity contribution in [2.24, 2.45) is 16.6 Å². The summed E-state index contributed by atoms with van der Waals surface area (Å²) in [6.45, 7) is 0.692. The molecule has 4 heterocycles. The number of carbonyl (C=O) groups is 9. The topological polar surface area (TPSA) is 280 Å². The Morgan fingerprint density at radius 3 is 2.39 bits per heavy atom. The normalized spacial score (nSPS) is 20.0. The smallest absolute Gasteiger partial charge is 0.332 e. The first-order chi connectivity index (χ1) is 24.3. The van der Waals surface area contributed by atoms with Gasteiger partial charge in [-0.25, -0.2) is 9.79 Å². The molecule has 10 amide bonds. The summed E-state index contributed by atoms with van der Waals surface area (Å²) < 4.78 is 10.9. The lowest BCUT2D eigenvalue weighted by molar-refractivity contribution is -0.136. The van der Waals surface area contributed by atoms with E-state index in [9.17, 15) is 43.2 Å². The van der Waals surface area contributed by atoms with Crippen LogP contribution in [0.5, 0.6) is 5.75 Å². The molecule has 2 atom stereocenters. The zero-order valence-corrected chi connectivity index (χ0v) is 27.2. The lowest BCUT2D eigenvalue weighted by Gasteiger charge is -2.39. The number of amidine groups is 2. The Balaban J connectivity index is 1.02. The van der Waals surface area contributed by atoms with Crippen molar-refractivity contribution in [2.75, 3.05) is 46.0 Å². The molecule has 1 aromatic carbocycles. The predicted molar refractivity (Wildman–Crippen MR) is 171 cm³/mol. The molecule has 2 saturated heterocycles. The zero-order valence-electron chi connectivity index (χ0n) is 27.2. The Morgan fingerprint density at radius 2 is 1.73 bits per heavy atom. The van der Waals surface area contributed by atoms with Crippen LogP contribution in [0, 0.1) is 11.3 Å². The zero-order chi connectivity index (χ0) is 37.0. The van der Waals surface area contributed by atoms with Crippen LogP contribution in [0.3, 0.4) is 0 Å². The van der Waals surface area contributed by atoms with E-state index in [2.05, 4.69) is 20.9 Å². The highest BCUT2D eigenvalue weighted by molar-refractivity contribution is 6.30. The number of dihydropyridines is 1. The standard InChI is InChI=1S/C31H33N9O11/c1-2-38-26-17(12-16(25(33)44)24(32)37-26)28(46)39(31(38)49)13-21(42)34-8-10-50-11-9-35-22(43)14-51-19-5-3-4-15-23(19)30(48)40(29(15)47)18-6-7-20(41)36-27(18)45/h3-5,12,17-18,32H,2,6-11,13-14H2,1H3,(H2,33,44)(H,34,42)(H,35,43)(H,36,41,45). The van der Waals surface area contributed by atoms with Crippen molar-refractivity contribution in [1.29, 1.82) is 5.41 Å². The molecule has 0 spiro atoms. The molecule has 51 heavy (non-hydrogen) atoms. The number of urea groups is 1. The maximum atomic E-state index is 13.1. The van der Waals surface area contributed by atoms with Gasteiger partial charge in [-0.3, -0.25) is 63.8 Å². The van der Waals surface area contributed by atoms with Crippen molar-refractivity contribution in [1.82, 2.24) is 30.7 Å². The minimum Gasteiger partial charge on any atom is -0.483 e. The van der Waals surface area contributed by atoms with Crippen LogP contribution < -0.4 is 26.4 Å². The highest BCUT2D eigenvalue weighted by Crippen LogP contribution is 2.33. The van der Waals surface area contributed by atoms with E-state index < -0.39 is 84.2 Å². The van der Waals surface area contributed by atoms with Crippen molar-refractivity contribution in [2.45, 2.75) is 25.8 Å². The summed E-state index contributed by atoms with van der Waals surface area (Å²) in [5.41, 5.74) is 4.91. The fraction of sp³-hybridized carbons (Fsp3) is 0.387. The minimum absolute atomic E-state index is 0.00430. The second kappa shape index (κ2) is 15.1. The molecular weight excluding hydrogens is 674 g/mol. The van der Waals surface area contributed by atoms with Crippen molar-refractivity contribution in [3.05, 3.63) is 41.0 Å². The van der Waals surface area contributed by atoms with E-state index in [1.165, 1.54) is 18.2 Å². The molecule has 4 aliphatic heterocycles. The van der Waals surface area contributed by atoms with Crippen molar-refractivity contribution >= 4 is 65.0 Å². The largest absolute Gasteiger partial charge is 0.483 e. The highest BCUT2D eigenvalue weighted by Gasteiger charge is 2.47. The molecule has 0 bridgehead atoms. The Labute approximate surface area is 288 Å². The summed E-state index contributed by atoms with van der Waals surface area (Å²) in [4.78, 5) is 119. The molecule has 6 N–H and O–H groups in total. The number of nitrogens with two attached hydrogens (primary N) is 1. The molecule has 2 fully saturated rings. The Morgan fingerprint density at radius 1 is 1.02 bits per heavy atom. The fourth-order valence-corrected chi connectivity index (χ4v) is 5.75. The maximum absolute atomic E-state index is 13.1. The maximum Gasteiger partial charge on any atom is 0.332 e. The number of aliphatic imine (C=N–C) groups is 1. The third-order valence-corrected chi connectivity index (χ3v) is 8.17. The van der Waals surface area contributed by atoms with Gasteiger partial charge in [0.25, 0.3) is 23.6 Å². The number of carbonyl (C=O) groups excluding carboxylic acids is 9. The van der Waals surface area contributed by atoms with Crippen molar-refractivity contribution in [3.8, 4) is 5.75 Å². The van der Waals surface area contributed by atoms with Crippen LogP contribution >= 0.6 is 0 Å². The summed E-state index contributed by atoms with van der Waals surface area (Å²) >= 11 is 0. The highest BCUT2D eigenvalue weighted by atomic mass is 16.5. The lowest BCUT2D eigenvalue weighted by Crippen LogP contribution is -2.61. The van der Waals surface area contributed by atoms with Gasteiger partial charge in [0.1, 0.15) is 30.1 Å². The van der Waals surface area contributed by atoms with E-state index in [1.54, 1.807) is 6.92 Å². The number of fused-ring (bicyclic) bond motifs is 2. The number of amides is 10. The molecule has 0 radical (unpaired) electrons. The lowest BCUT2D eigenvalue weighted by atomic mass is 9.95. The van der Waals surface area contributed by atoms with Gasteiger partial charge in [-0.1, -0.05) is 6.07 Å². The molecule has 268 valence electrons. The molecule has 5 rings (SSSR count). The molecule has 20 nitrogen and oxygen atoms in total. The molecular formula is C31H33N9O11.